The first kappa shape index (κ1) is 29.7. The third-order valence-electron chi connectivity index (χ3n) is 7.00. The summed E-state index contributed by atoms with van der Waals surface area (Å²) in [7, 11) is 1.72. The largest absolute Gasteiger partial charge is 0.497 e. The summed E-state index contributed by atoms with van der Waals surface area (Å²) in [6, 6.07) is 8.38. The topological polar surface area (TPSA) is 51.0 Å². The fourth-order valence-electron chi connectivity index (χ4n) is 5.08. The smallest absolute Gasteiger partial charge is 0.119 e. The van der Waals surface area contributed by atoms with Gasteiger partial charge in [-0.05, 0) is 50.5 Å². The number of hydrogen-bond acceptors (Lipinski definition) is 5. The van der Waals surface area contributed by atoms with E-state index in [0.29, 0.717) is 0 Å². The molecule has 0 aromatic heterocycles. The number of ether oxygens (including phenoxy) is 2. The van der Waals surface area contributed by atoms with Gasteiger partial charge < -0.3 is 15.2 Å². The van der Waals surface area contributed by atoms with E-state index in [9.17, 15) is 0 Å². The number of hydrogen-bond donors (Lipinski definition) is 1. The van der Waals surface area contributed by atoms with Crippen molar-refractivity contribution >= 4 is 37.2 Å². The fourth-order valence-corrected chi connectivity index (χ4v) is 5.08. The molecular formula is C25H38Cl3N3O2. The highest BCUT2D eigenvalue weighted by atomic mass is 35.5. The minimum absolute atomic E-state index is 0. The van der Waals surface area contributed by atoms with Gasteiger partial charge in [0.15, 0.2) is 0 Å². The minimum atomic E-state index is -0.0316. The van der Waals surface area contributed by atoms with Gasteiger partial charge in [-0.25, -0.2) is 0 Å². The van der Waals surface area contributed by atoms with Crippen molar-refractivity contribution in [3.63, 3.8) is 0 Å². The number of halogens is 3. The molecule has 1 aromatic rings. The highest BCUT2D eigenvalue weighted by molar-refractivity contribution is 5.86. The lowest BCUT2D eigenvalue weighted by Crippen LogP contribution is -2.49. The van der Waals surface area contributed by atoms with E-state index in [4.69, 9.17) is 15.2 Å². The third kappa shape index (κ3) is 6.01. The van der Waals surface area contributed by atoms with E-state index in [1.165, 1.54) is 22.3 Å². The number of nitrogens with two attached hydrogens (primary N) is 1. The van der Waals surface area contributed by atoms with E-state index in [1.807, 2.05) is 13.0 Å². The predicted molar refractivity (Wildman–Crippen MR) is 143 cm³/mol. The molecule has 4 rings (SSSR count). The predicted octanol–water partition coefficient (Wildman–Crippen LogP) is 5.30. The summed E-state index contributed by atoms with van der Waals surface area (Å²) in [4.78, 5) is 5.11. The molecule has 0 spiro atoms. The maximum Gasteiger partial charge on any atom is 0.119 e. The van der Waals surface area contributed by atoms with Crippen molar-refractivity contribution in [2.45, 2.75) is 40.7 Å². The van der Waals surface area contributed by atoms with E-state index in [-0.39, 0.29) is 42.6 Å². The zero-order valence-corrected chi connectivity index (χ0v) is 22.7. The Hall–Kier alpha value is -1.37. The van der Waals surface area contributed by atoms with Gasteiger partial charge in [0.2, 0.25) is 0 Å². The third-order valence-corrected chi connectivity index (χ3v) is 7.00. The summed E-state index contributed by atoms with van der Waals surface area (Å²) >= 11 is 0. The molecule has 2 heterocycles. The summed E-state index contributed by atoms with van der Waals surface area (Å²) in [6.07, 6.45) is 0.967. The van der Waals surface area contributed by atoms with Crippen LogP contribution in [0.25, 0.3) is 0 Å². The van der Waals surface area contributed by atoms with Gasteiger partial charge in [-0.3, -0.25) is 9.80 Å². The second-order valence-corrected chi connectivity index (χ2v) is 9.25. The van der Waals surface area contributed by atoms with Crippen LogP contribution in [0.4, 0.5) is 0 Å². The quantitative estimate of drug-likeness (QED) is 0.573. The summed E-state index contributed by atoms with van der Waals surface area (Å²) in [6.45, 7) is 14.8. The second-order valence-electron chi connectivity index (χ2n) is 9.25. The summed E-state index contributed by atoms with van der Waals surface area (Å²) in [5.74, 6) is 2.92. The zero-order chi connectivity index (χ0) is 21.5. The highest BCUT2D eigenvalue weighted by Gasteiger charge is 2.43. The molecule has 8 heteroatoms. The van der Waals surface area contributed by atoms with Crippen molar-refractivity contribution < 1.29 is 9.47 Å². The molecule has 3 aliphatic rings. The van der Waals surface area contributed by atoms with Crippen LogP contribution in [0.1, 0.15) is 39.7 Å². The molecule has 2 aliphatic heterocycles. The van der Waals surface area contributed by atoms with Crippen LogP contribution in [0.5, 0.6) is 5.75 Å². The molecule has 0 amide bonds. The van der Waals surface area contributed by atoms with Crippen LogP contribution < -0.4 is 10.5 Å². The van der Waals surface area contributed by atoms with E-state index in [2.05, 4.69) is 48.8 Å². The lowest BCUT2D eigenvalue weighted by molar-refractivity contribution is 0.0989. The SMILES string of the molecule is COc1cccc(CN2CCN(CC3(C)CC4=C(C)OC(C)=C(C)C4=C3N)CC2)c1.Cl.Cl.Cl. The molecular weight excluding hydrogens is 481 g/mol. The van der Waals surface area contributed by atoms with Crippen molar-refractivity contribution in [1.29, 1.82) is 0 Å². The van der Waals surface area contributed by atoms with Gasteiger partial charge in [-0.15, -0.1) is 37.2 Å². The maximum absolute atomic E-state index is 6.76. The van der Waals surface area contributed by atoms with Crippen LogP contribution >= 0.6 is 37.2 Å². The lowest BCUT2D eigenvalue weighted by atomic mass is 9.85. The van der Waals surface area contributed by atoms with E-state index in [1.54, 1.807) is 7.11 Å². The van der Waals surface area contributed by atoms with Crippen molar-refractivity contribution in [2.75, 3.05) is 39.8 Å². The van der Waals surface area contributed by atoms with Crippen LogP contribution in [0.3, 0.4) is 0 Å². The number of fused-ring (bicyclic) bond motifs is 1. The minimum Gasteiger partial charge on any atom is -0.497 e. The van der Waals surface area contributed by atoms with Gasteiger partial charge in [0, 0.05) is 61.5 Å². The molecule has 2 N–H and O–H groups in total. The Balaban J connectivity index is 0.00000181. The molecule has 0 radical (unpaired) electrons. The fraction of sp³-hybridized carbons (Fsp3) is 0.520. The van der Waals surface area contributed by atoms with E-state index >= 15 is 0 Å². The van der Waals surface area contributed by atoms with Crippen molar-refractivity contribution in [3.8, 4) is 5.75 Å². The van der Waals surface area contributed by atoms with Crippen LogP contribution in [-0.2, 0) is 11.3 Å². The van der Waals surface area contributed by atoms with Gasteiger partial charge in [0.05, 0.1) is 7.11 Å². The Labute approximate surface area is 217 Å². The molecule has 1 unspecified atom stereocenters. The molecule has 1 fully saturated rings. The molecule has 1 aliphatic carbocycles. The first-order valence-electron chi connectivity index (χ1n) is 10.9. The number of nitrogens with zero attached hydrogens (tertiary/aromatic N) is 2. The van der Waals surface area contributed by atoms with Gasteiger partial charge in [0.1, 0.15) is 17.3 Å². The van der Waals surface area contributed by atoms with Crippen molar-refractivity contribution in [2.24, 2.45) is 11.1 Å². The van der Waals surface area contributed by atoms with Crippen LogP contribution in [0.2, 0.25) is 0 Å². The number of rotatable bonds is 5. The number of methoxy groups -OCH3 is 1. The molecule has 5 nitrogen and oxygen atoms in total. The average molecular weight is 519 g/mol. The van der Waals surface area contributed by atoms with Gasteiger partial charge in [0.25, 0.3) is 0 Å². The van der Waals surface area contributed by atoms with Crippen molar-refractivity contribution in [3.05, 3.63) is 63.8 Å². The Kier molecular flexibility index (Phi) is 10.7. The maximum atomic E-state index is 6.76. The number of benzene rings is 1. The van der Waals surface area contributed by atoms with Crippen LogP contribution in [0.15, 0.2) is 58.2 Å². The first-order chi connectivity index (χ1) is 14.3. The summed E-state index contributed by atoms with van der Waals surface area (Å²) in [5.41, 5.74) is 12.8. The Morgan fingerprint density at radius 3 is 2.27 bits per heavy atom. The molecule has 0 bridgehead atoms. The summed E-state index contributed by atoms with van der Waals surface area (Å²) in [5, 5.41) is 0. The molecule has 1 aromatic carbocycles. The monoisotopic (exact) mass is 517 g/mol. The Bertz CT molecular complexity index is 937. The molecule has 186 valence electrons. The zero-order valence-electron chi connectivity index (χ0n) is 20.3. The highest BCUT2D eigenvalue weighted by Crippen LogP contribution is 2.50. The van der Waals surface area contributed by atoms with E-state index < -0.39 is 0 Å². The average Bonchev–Trinajstić information content (AvgIpc) is 2.99. The van der Waals surface area contributed by atoms with E-state index in [0.717, 1.165) is 68.7 Å². The molecule has 0 saturated carbocycles. The summed E-state index contributed by atoms with van der Waals surface area (Å²) < 4.78 is 11.3. The molecule has 1 atom stereocenters. The lowest BCUT2D eigenvalue weighted by Gasteiger charge is -2.39. The Morgan fingerprint density at radius 2 is 1.64 bits per heavy atom. The molecule has 33 heavy (non-hydrogen) atoms. The Morgan fingerprint density at radius 1 is 1.00 bits per heavy atom. The van der Waals surface area contributed by atoms with Crippen LogP contribution in [0, 0.1) is 5.41 Å². The van der Waals surface area contributed by atoms with Crippen LogP contribution in [-0.4, -0.2) is 49.6 Å². The second kappa shape index (κ2) is 11.9. The van der Waals surface area contributed by atoms with Crippen molar-refractivity contribution in [1.82, 2.24) is 9.80 Å². The van der Waals surface area contributed by atoms with Gasteiger partial charge >= 0.3 is 0 Å². The van der Waals surface area contributed by atoms with Gasteiger partial charge in [-0.2, -0.15) is 0 Å². The first-order valence-corrected chi connectivity index (χ1v) is 10.9. The number of piperazine rings is 1. The standard InChI is InChI=1S/C25H35N3O2.3ClH/c1-17-18(2)30-19(3)22-14-25(4,24(26)23(17)22)16-28-11-9-27(10-12-28)15-20-7-6-8-21(13-20)29-5;;;/h6-8,13H,9-12,14-16,26H2,1-5H3;3*1H. The normalized spacial score (nSPS) is 23.3. The van der Waals surface area contributed by atoms with Gasteiger partial charge in [-0.1, -0.05) is 19.1 Å². The number of allylic oxidation sites excluding steroid dienone is 5. The molecule has 1 saturated heterocycles.